The molecule has 0 aromatic heterocycles. The van der Waals surface area contributed by atoms with Crippen molar-refractivity contribution < 1.29 is 18.8 Å². The number of Topliss-reactive ketones (excluding diaryl/α,β-unsaturated/α-hetero) is 1. The van der Waals surface area contributed by atoms with Crippen molar-refractivity contribution >= 4 is 17.6 Å². The van der Waals surface area contributed by atoms with Gasteiger partial charge in [0, 0.05) is 6.42 Å². The van der Waals surface area contributed by atoms with Crippen LogP contribution in [0.1, 0.15) is 18.9 Å². The van der Waals surface area contributed by atoms with Crippen LogP contribution in [0.5, 0.6) is 0 Å². The summed E-state index contributed by atoms with van der Waals surface area (Å²) in [6.07, 6.45) is 0.686. The first-order valence-corrected chi connectivity index (χ1v) is 6.83. The Morgan fingerprint density at radius 1 is 1.33 bits per heavy atom. The zero-order valence-electron chi connectivity index (χ0n) is 11.8. The fourth-order valence-electron chi connectivity index (χ4n) is 2.44. The van der Waals surface area contributed by atoms with Crippen molar-refractivity contribution in [1.29, 1.82) is 0 Å². The second kappa shape index (κ2) is 6.58. The van der Waals surface area contributed by atoms with Crippen molar-refractivity contribution in [2.24, 2.45) is 0 Å². The lowest BCUT2D eigenvalue weighted by Gasteiger charge is -2.32. The van der Waals surface area contributed by atoms with Crippen molar-refractivity contribution in [2.75, 3.05) is 13.1 Å². The molecule has 2 amide bonds. The maximum atomic E-state index is 12.8. The number of benzene rings is 1. The number of carbonyl (C=O) groups is 3. The lowest BCUT2D eigenvalue weighted by atomic mass is 10.1. The van der Waals surface area contributed by atoms with Crippen LogP contribution in [-0.4, -0.2) is 41.6 Å². The van der Waals surface area contributed by atoms with Crippen molar-refractivity contribution in [3.63, 3.8) is 0 Å². The molecule has 1 aromatic rings. The molecule has 0 spiro atoms. The van der Waals surface area contributed by atoms with Gasteiger partial charge in [-0.3, -0.25) is 24.6 Å². The summed E-state index contributed by atoms with van der Waals surface area (Å²) in [5.74, 6) is -1.21. The summed E-state index contributed by atoms with van der Waals surface area (Å²) < 4.78 is 12.8. The largest absolute Gasteiger partial charge is 0.298 e. The second-order valence-corrected chi connectivity index (χ2v) is 5.08. The number of hydrogen-bond donors (Lipinski definition) is 1. The monoisotopic (exact) mass is 292 g/mol. The molecule has 1 N–H and O–H groups in total. The first-order valence-electron chi connectivity index (χ1n) is 6.83. The van der Waals surface area contributed by atoms with Crippen LogP contribution >= 0.6 is 0 Å². The van der Waals surface area contributed by atoms with E-state index in [2.05, 4.69) is 5.32 Å². The van der Waals surface area contributed by atoms with Gasteiger partial charge >= 0.3 is 0 Å². The molecular weight excluding hydrogens is 275 g/mol. The van der Waals surface area contributed by atoms with E-state index < -0.39 is 6.04 Å². The van der Waals surface area contributed by atoms with Crippen molar-refractivity contribution in [2.45, 2.75) is 25.8 Å². The Morgan fingerprint density at radius 3 is 2.62 bits per heavy atom. The Morgan fingerprint density at radius 2 is 2.00 bits per heavy atom. The van der Waals surface area contributed by atoms with E-state index in [1.54, 1.807) is 17.0 Å². The molecule has 1 heterocycles. The first kappa shape index (κ1) is 15.3. The van der Waals surface area contributed by atoms with Gasteiger partial charge in [0.1, 0.15) is 5.82 Å². The number of hydrogen-bond acceptors (Lipinski definition) is 4. The average molecular weight is 292 g/mol. The van der Waals surface area contributed by atoms with Crippen LogP contribution in [0.3, 0.4) is 0 Å². The summed E-state index contributed by atoms with van der Waals surface area (Å²) in [5.41, 5.74) is 0.710. The molecule has 1 aliphatic rings. The van der Waals surface area contributed by atoms with E-state index in [0.29, 0.717) is 12.0 Å². The maximum Gasteiger partial charge on any atom is 0.243 e. The summed E-state index contributed by atoms with van der Waals surface area (Å²) >= 11 is 0. The number of amides is 2. The molecule has 1 unspecified atom stereocenters. The molecule has 5 nitrogen and oxygen atoms in total. The van der Waals surface area contributed by atoms with Gasteiger partial charge in [0.2, 0.25) is 11.8 Å². The van der Waals surface area contributed by atoms with Crippen LogP contribution in [0, 0.1) is 5.82 Å². The van der Waals surface area contributed by atoms with E-state index in [4.69, 9.17) is 0 Å². The van der Waals surface area contributed by atoms with Gasteiger partial charge in [0.15, 0.2) is 5.78 Å². The minimum Gasteiger partial charge on any atom is -0.298 e. The molecule has 1 atom stereocenters. The van der Waals surface area contributed by atoms with Crippen LogP contribution in [0.25, 0.3) is 0 Å². The molecule has 0 aliphatic carbocycles. The minimum atomic E-state index is -0.458. The number of nitrogens with zero attached hydrogens (tertiary/aromatic N) is 1. The highest BCUT2D eigenvalue weighted by atomic mass is 19.1. The number of rotatable bonds is 5. The van der Waals surface area contributed by atoms with Crippen molar-refractivity contribution in [3.05, 3.63) is 35.6 Å². The van der Waals surface area contributed by atoms with E-state index in [1.165, 1.54) is 12.1 Å². The van der Waals surface area contributed by atoms with Gasteiger partial charge in [-0.15, -0.1) is 0 Å². The van der Waals surface area contributed by atoms with E-state index >= 15 is 0 Å². The Balaban J connectivity index is 1.98. The predicted molar refractivity (Wildman–Crippen MR) is 73.9 cm³/mol. The van der Waals surface area contributed by atoms with E-state index in [-0.39, 0.29) is 42.9 Å². The molecule has 0 bridgehead atoms. The standard InChI is InChI=1S/C15H17FN2O3/c1-2-13-15(21)17-14(20)9-18(13)8-12(19)7-10-3-5-11(16)6-4-10/h3-6,13H,2,7-9H2,1H3,(H,17,20,21). The number of carbonyl (C=O) groups excluding carboxylic acids is 3. The average Bonchev–Trinajstić information content (AvgIpc) is 2.41. The highest BCUT2D eigenvalue weighted by Crippen LogP contribution is 2.10. The molecule has 21 heavy (non-hydrogen) atoms. The number of imide groups is 1. The van der Waals surface area contributed by atoms with Gasteiger partial charge in [0.25, 0.3) is 0 Å². The van der Waals surface area contributed by atoms with E-state index in [0.717, 1.165) is 0 Å². The van der Waals surface area contributed by atoms with Gasteiger partial charge in [0.05, 0.1) is 19.1 Å². The Kier molecular flexibility index (Phi) is 4.80. The van der Waals surface area contributed by atoms with Gasteiger partial charge in [-0.1, -0.05) is 19.1 Å². The van der Waals surface area contributed by atoms with Crippen molar-refractivity contribution in [3.8, 4) is 0 Å². The van der Waals surface area contributed by atoms with Crippen LogP contribution < -0.4 is 5.32 Å². The zero-order valence-corrected chi connectivity index (χ0v) is 11.8. The van der Waals surface area contributed by atoms with Crippen LogP contribution in [0.4, 0.5) is 4.39 Å². The third-order valence-corrected chi connectivity index (χ3v) is 3.43. The topological polar surface area (TPSA) is 66.5 Å². The van der Waals surface area contributed by atoms with Crippen LogP contribution in [-0.2, 0) is 20.8 Å². The normalized spacial score (nSPS) is 19.4. The lowest BCUT2D eigenvalue weighted by Crippen LogP contribution is -2.58. The van der Waals surface area contributed by atoms with Crippen molar-refractivity contribution in [1.82, 2.24) is 10.2 Å². The fraction of sp³-hybridized carbons (Fsp3) is 0.400. The summed E-state index contributed by atoms with van der Waals surface area (Å²) in [4.78, 5) is 36.7. The molecule has 2 rings (SSSR count). The number of halogens is 1. The zero-order chi connectivity index (χ0) is 15.4. The summed E-state index contributed by atoms with van der Waals surface area (Å²) in [6.45, 7) is 1.91. The summed E-state index contributed by atoms with van der Waals surface area (Å²) in [7, 11) is 0. The third-order valence-electron chi connectivity index (χ3n) is 3.43. The fourth-order valence-corrected chi connectivity index (χ4v) is 2.44. The highest BCUT2D eigenvalue weighted by Gasteiger charge is 2.33. The van der Waals surface area contributed by atoms with Crippen LogP contribution in [0.2, 0.25) is 0 Å². The molecule has 6 heteroatoms. The molecule has 0 radical (unpaired) electrons. The molecule has 0 saturated carbocycles. The van der Waals surface area contributed by atoms with Crippen LogP contribution in [0.15, 0.2) is 24.3 Å². The quantitative estimate of drug-likeness (QED) is 0.810. The van der Waals surface area contributed by atoms with E-state index in [1.807, 2.05) is 6.92 Å². The summed E-state index contributed by atoms with van der Waals surface area (Å²) in [5, 5.41) is 2.27. The molecule has 1 aliphatic heterocycles. The number of piperazine rings is 1. The highest BCUT2D eigenvalue weighted by molar-refractivity contribution is 6.01. The second-order valence-electron chi connectivity index (χ2n) is 5.08. The smallest absolute Gasteiger partial charge is 0.243 e. The third kappa shape index (κ3) is 3.95. The molecule has 1 fully saturated rings. The van der Waals surface area contributed by atoms with Gasteiger partial charge in [-0.05, 0) is 24.1 Å². The Labute approximate surface area is 122 Å². The number of ketones is 1. The Bertz CT molecular complexity index is 557. The lowest BCUT2D eigenvalue weighted by molar-refractivity contribution is -0.140. The molecular formula is C15H17FN2O3. The molecule has 1 aromatic carbocycles. The first-order chi connectivity index (χ1) is 9.99. The van der Waals surface area contributed by atoms with Gasteiger partial charge in [-0.2, -0.15) is 0 Å². The van der Waals surface area contributed by atoms with Gasteiger partial charge in [-0.25, -0.2) is 4.39 Å². The predicted octanol–water partition coefficient (Wildman–Crippen LogP) is 0.674. The SMILES string of the molecule is CCC1C(=O)NC(=O)CN1CC(=O)Cc1ccc(F)cc1. The maximum absolute atomic E-state index is 12.8. The molecule has 1 saturated heterocycles. The minimum absolute atomic E-state index is 0.0367. The molecule has 112 valence electrons. The van der Waals surface area contributed by atoms with Gasteiger partial charge < -0.3 is 0 Å². The Hall–Kier alpha value is -2.08. The van der Waals surface area contributed by atoms with E-state index in [9.17, 15) is 18.8 Å². The number of nitrogens with one attached hydrogen (secondary N) is 1. The summed E-state index contributed by atoms with van der Waals surface area (Å²) in [6, 6.07) is 5.25.